The molecule has 0 unspecified atom stereocenters. The molecule has 2 aliphatic heterocycles. The molecule has 1 saturated carbocycles. The van der Waals surface area contributed by atoms with Gasteiger partial charge in [0, 0.05) is 53.6 Å². The Morgan fingerprint density at radius 3 is 2.23 bits per heavy atom. The molecule has 62 heavy (non-hydrogen) atoms. The van der Waals surface area contributed by atoms with E-state index in [1.54, 1.807) is 36.4 Å². The van der Waals surface area contributed by atoms with Gasteiger partial charge in [0.2, 0.25) is 11.9 Å². The number of morpholine rings is 1. The summed E-state index contributed by atoms with van der Waals surface area (Å²) in [5.41, 5.74) is 2.73. The molecule has 0 radical (unpaired) electrons. The average molecular weight is 877 g/mol. The quantitative estimate of drug-likeness (QED) is 0.0856. The van der Waals surface area contributed by atoms with Crippen LogP contribution in [0, 0.1) is 0 Å². The van der Waals surface area contributed by atoms with E-state index in [-0.39, 0.29) is 30.4 Å². The van der Waals surface area contributed by atoms with Gasteiger partial charge < -0.3 is 46.1 Å². The number of carboxylic acid groups (broad SMARTS) is 1. The number of nitrogens with one attached hydrogen (secondary N) is 5. The molecule has 17 nitrogen and oxygen atoms in total. The van der Waals surface area contributed by atoms with Gasteiger partial charge in [-0.2, -0.15) is 28.1 Å². The van der Waals surface area contributed by atoms with Crippen molar-refractivity contribution in [3.05, 3.63) is 101 Å². The molecule has 3 aromatic carbocycles. The molecule has 3 heterocycles. The number of hydrogen-bond donors (Lipinski definition) is 6. The van der Waals surface area contributed by atoms with Gasteiger partial charge >= 0.3 is 30.0 Å². The van der Waals surface area contributed by atoms with Crippen molar-refractivity contribution < 1.29 is 46.9 Å². The van der Waals surface area contributed by atoms with Crippen molar-refractivity contribution in [2.45, 2.75) is 43.4 Å². The number of ether oxygens (including phenoxy) is 2. The molecule has 7 rings (SSSR count). The first-order chi connectivity index (χ1) is 29.7. The summed E-state index contributed by atoms with van der Waals surface area (Å²) < 4.78 is 49.2. The predicted molar refractivity (Wildman–Crippen MR) is 221 cm³/mol. The highest BCUT2D eigenvalue weighted by Gasteiger charge is 2.45. The Balaban J connectivity index is 0.897. The number of benzene rings is 3. The molecule has 324 valence electrons. The molecule has 6 N–H and O–H groups in total. The summed E-state index contributed by atoms with van der Waals surface area (Å²) in [6.07, 6.45) is -0.765. The highest BCUT2D eigenvalue weighted by Crippen LogP contribution is 2.48. The van der Waals surface area contributed by atoms with Gasteiger partial charge in [-0.15, -0.1) is 0 Å². The number of aliphatic imine (C=N–C) groups is 1. The lowest BCUT2D eigenvalue weighted by Crippen LogP contribution is -2.44. The summed E-state index contributed by atoms with van der Waals surface area (Å²) >= 11 is 6.03. The summed E-state index contributed by atoms with van der Waals surface area (Å²) in [6, 6.07) is 17.6. The number of amidine groups is 1. The Morgan fingerprint density at radius 2 is 1.56 bits per heavy atom. The van der Waals surface area contributed by atoms with Crippen molar-refractivity contribution in [2.24, 2.45) is 4.99 Å². The second kappa shape index (κ2) is 18.9. The molecule has 3 amide bonds. The zero-order chi connectivity index (χ0) is 43.9. The second-order valence-electron chi connectivity index (χ2n) is 14.4. The maximum absolute atomic E-state index is 13.0. The number of rotatable bonds is 15. The van der Waals surface area contributed by atoms with Gasteiger partial charge in [0.15, 0.2) is 6.61 Å². The van der Waals surface area contributed by atoms with Gasteiger partial charge in [0.1, 0.15) is 11.9 Å². The second-order valence-corrected chi connectivity index (χ2v) is 14.9. The number of halogens is 4. The van der Waals surface area contributed by atoms with Gasteiger partial charge in [0.05, 0.1) is 24.4 Å². The Labute approximate surface area is 357 Å². The molecule has 1 atom stereocenters. The number of aliphatic carboxylic acids is 1. The highest BCUT2D eigenvalue weighted by molar-refractivity contribution is 6.39. The van der Waals surface area contributed by atoms with Crippen molar-refractivity contribution in [3.63, 3.8) is 0 Å². The Hall–Kier alpha value is -6.80. The zero-order valence-corrected chi connectivity index (χ0v) is 33.6. The Bertz CT molecular complexity index is 2360. The van der Waals surface area contributed by atoms with Crippen LogP contribution in [0.1, 0.15) is 47.2 Å². The van der Waals surface area contributed by atoms with E-state index in [9.17, 15) is 37.5 Å². The van der Waals surface area contributed by atoms with E-state index < -0.39 is 54.1 Å². The van der Waals surface area contributed by atoms with E-state index in [2.05, 4.69) is 46.4 Å². The molecule has 4 aromatic rings. The van der Waals surface area contributed by atoms with Crippen molar-refractivity contribution in [2.75, 3.05) is 55.4 Å². The number of alkyl halides is 3. The molecule has 2 fully saturated rings. The number of anilines is 4. The van der Waals surface area contributed by atoms with Crippen LogP contribution in [0.25, 0.3) is 5.70 Å². The summed E-state index contributed by atoms with van der Waals surface area (Å²) in [4.78, 5) is 69.4. The maximum atomic E-state index is 13.0. The summed E-state index contributed by atoms with van der Waals surface area (Å²) in [6.45, 7) is 1.01. The topological polar surface area (TPSA) is 221 Å². The van der Waals surface area contributed by atoms with Crippen LogP contribution in [-0.2, 0) is 24.7 Å². The lowest BCUT2D eigenvalue weighted by molar-refractivity contribution is -0.154. The van der Waals surface area contributed by atoms with Gasteiger partial charge in [-0.25, -0.2) is 9.79 Å². The number of carbonyl (C=O) groups is 4. The van der Waals surface area contributed by atoms with E-state index in [4.69, 9.17) is 26.1 Å². The number of carbonyl (C=O) groups excluding carboxylic acids is 3. The number of hydrogen-bond acceptors (Lipinski definition) is 13. The minimum absolute atomic E-state index is 0.0449. The molecule has 1 saturated heterocycles. The minimum atomic E-state index is -4.65. The molecule has 21 heteroatoms. The highest BCUT2D eigenvalue weighted by atomic mass is 35.5. The maximum Gasteiger partial charge on any atom is 0.422 e. The summed E-state index contributed by atoms with van der Waals surface area (Å²) in [7, 11) is 0. The number of aromatic nitrogens is 3. The van der Waals surface area contributed by atoms with Crippen LogP contribution in [0.5, 0.6) is 6.01 Å². The van der Waals surface area contributed by atoms with Crippen LogP contribution in [0.2, 0.25) is 5.02 Å². The number of carboxylic acids is 1. The van der Waals surface area contributed by atoms with Gasteiger partial charge in [-0.1, -0.05) is 41.9 Å². The van der Waals surface area contributed by atoms with Crippen LogP contribution in [0.3, 0.4) is 0 Å². The lowest BCUT2D eigenvalue weighted by Gasteiger charge is -2.28. The molecule has 3 aliphatic rings. The molecular formula is C41H40ClF3N10O7. The monoisotopic (exact) mass is 876 g/mol. The van der Waals surface area contributed by atoms with Crippen molar-refractivity contribution >= 4 is 70.1 Å². The van der Waals surface area contributed by atoms with Gasteiger partial charge in [-0.3, -0.25) is 14.4 Å². The normalized spacial score (nSPS) is 16.0. The molecule has 1 aliphatic carbocycles. The van der Waals surface area contributed by atoms with Crippen molar-refractivity contribution in [3.8, 4) is 6.01 Å². The summed E-state index contributed by atoms with van der Waals surface area (Å²) in [5, 5.41) is 23.6. The fourth-order valence-corrected chi connectivity index (χ4v) is 6.68. The number of nitrogens with zero attached hydrogens (tertiary/aromatic N) is 5. The van der Waals surface area contributed by atoms with Gasteiger partial charge in [-0.05, 0) is 73.4 Å². The minimum Gasteiger partial charge on any atom is -0.480 e. The third-order valence-corrected chi connectivity index (χ3v) is 10.2. The smallest absolute Gasteiger partial charge is 0.422 e. The Kier molecular flexibility index (Phi) is 13.2. The lowest BCUT2D eigenvalue weighted by atomic mass is 10.1. The van der Waals surface area contributed by atoms with E-state index in [0.29, 0.717) is 48.9 Å². The van der Waals surface area contributed by atoms with Crippen LogP contribution >= 0.6 is 11.6 Å². The zero-order valence-electron chi connectivity index (χ0n) is 32.8. The standard InChI is InChI=1S/C41H40ClF3N10O7/c42-27-7-5-26(6-8-27)40(16-17-40)54-38-51-37(52-39(53-38)62-23-41(43,44)45)48-29-11-3-25(4-12-29)33(56)50-31(36(59)60)15-18-46-34(57)35(58)47-28-9-1-24(2-10-28)30-13-14-32(49-30)55-19-21-61-22-20-55/h1-13,31H,14-23H2,(H,46,57)(H,47,58)(H,50,56)(H,59,60)(H2,48,51,52,53,54)/t31-/m0/s1. The Morgan fingerprint density at radius 1 is 0.887 bits per heavy atom. The van der Waals surface area contributed by atoms with Crippen LogP contribution in [0.4, 0.5) is 36.4 Å². The first-order valence-electron chi connectivity index (χ1n) is 19.4. The third kappa shape index (κ3) is 11.5. The fourth-order valence-electron chi connectivity index (χ4n) is 6.55. The molecule has 1 aromatic heterocycles. The first kappa shape index (κ1) is 43.3. The third-order valence-electron chi connectivity index (χ3n) is 9.95. The van der Waals surface area contributed by atoms with Gasteiger partial charge in [0.25, 0.3) is 5.91 Å². The molecular weight excluding hydrogens is 837 g/mol. The number of amides is 3. The van der Waals surface area contributed by atoms with E-state index in [1.807, 2.05) is 18.2 Å². The van der Waals surface area contributed by atoms with E-state index in [0.717, 1.165) is 35.7 Å². The van der Waals surface area contributed by atoms with Crippen LogP contribution < -0.4 is 31.3 Å². The summed E-state index contributed by atoms with van der Waals surface area (Å²) in [5.74, 6) is -3.31. The average Bonchev–Trinajstić information content (AvgIpc) is 3.86. The van der Waals surface area contributed by atoms with Crippen molar-refractivity contribution in [1.29, 1.82) is 0 Å². The van der Waals surface area contributed by atoms with E-state index >= 15 is 0 Å². The van der Waals surface area contributed by atoms with Crippen LogP contribution in [0.15, 0.2) is 83.9 Å². The molecule has 0 bridgehead atoms. The molecule has 0 spiro atoms. The SMILES string of the molecule is O=C(NCC[C@H](NC(=O)c1ccc(Nc2nc(NC3(c4ccc(Cl)cc4)CC3)nc(OCC(F)(F)F)n2)cc1)C(=O)O)C(=O)Nc1ccc(C2=CCC(N3CCOCC3)=N2)cc1. The largest absolute Gasteiger partial charge is 0.480 e. The van der Waals surface area contributed by atoms with Crippen molar-refractivity contribution in [1.82, 2.24) is 30.5 Å². The van der Waals surface area contributed by atoms with E-state index in [1.165, 1.54) is 24.3 Å². The first-order valence-corrected chi connectivity index (χ1v) is 19.8. The predicted octanol–water partition coefficient (Wildman–Crippen LogP) is 5.11. The van der Waals surface area contributed by atoms with Crippen LogP contribution in [-0.4, -0.2) is 106 Å². The fraction of sp³-hybridized carbons (Fsp3) is 0.317.